The molecule has 1 amide bonds. The van der Waals surface area contributed by atoms with Gasteiger partial charge in [0.2, 0.25) is 5.91 Å². The fourth-order valence-corrected chi connectivity index (χ4v) is 4.32. The van der Waals surface area contributed by atoms with Crippen LogP contribution in [0.1, 0.15) is 18.9 Å². The average molecular weight is 273 g/mol. The summed E-state index contributed by atoms with van der Waals surface area (Å²) in [5.74, 6) is 0.0785. The van der Waals surface area contributed by atoms with E-state index < -0.39 is 15.1 Å². The summed E-state index contributed by atoms with van der Waals surface area (Å²) in [5, 5.41) is 6.19. The van der Waals surface area contributed by atoms with Crippen molar-refractivity contribution in [3.05, 3.63) is 22.4 Å². The van der Waals surface area contributed by atoms with Crippen LogP contribution in [-0.4, -0.2) is 31.4 Å². The van der Waals surface area contributed by atoms with Crippen molar-refractivity contribution in [3.63, 3.8) is 0 Å². The monoisotopic (exact) mass is 273 g/mol. The van der Waals surface area contributed by atoms with Crippen LogP contribution in [-0.2, 0) is 21.1 Å². The lowest BCUT2D eigenvalue weighted by molar-refractivity contribution is -0.121. The number of thiophene rings is 1. The topological polar surface area (TPSA) is 63.2 Å². The lowest BCUT2D eigenvalue weighted by Crippen LogP contribution is -2.41. The predicted octanol–water partition coefficient (Wildman–Crippen LogP) is 0.982. The lowest BCUT2D eigenvalue weighted by atomic mass is 10.1. The Morgan fingerprint density at radius 1 is 1.59 bits per heavy atom. The third kappa shape index (κ3) is 2.87. The Kier molecular flexibility index (Phi) is 3.53. The summed E-state index contributed by atoms with van der Waals surface area (Å²) in [6, 6.07) is 1.67. The van der Waals surface area contributed by atoms with Gasteiger partial charge >= 0.3 is 0 Å². The second-order valence-corrected chi connectivity index (χ2v) is 7.60. The summed E-state index contributed by atoms with van der Waals surface area (Å²) in [6.45, 7) is 1.66. The molecule has 0 radical (unpaired) electrons. The molecule has 1 aromatic heterocycles. The van der Waals surface area contributed by atoms with Crippen molar-refractivity contribution in [2.75, 3.05) is 5.75 Å². The van der Waals surface area contributed by atoms with Gasteiger partial charge in [-0.15, -0.1) is 0 Å². The maximum absolute atomic E-state index is 11.7. The van der Waals surface area contributed by atoms with Gasteiger partial charge in [-0.3, -0.25) is 4.79 Å². The van der Waals surface area contributed by atoms with E-state index in [2.05, 4.69) is 5.32 Å². The summed E-state index contributed by atoms with van der Waals surface area (Å²) in [5.41, 5.74) is 0.973. The van der Waals surface area contributed by atoms with Crippen molar-refractivity contribution in [2.45, 2.75) is 31.1 Å². The number of amides is 1. The minimum atomic E-state index is -2.99. The molecule has 2 heterocycles. The molecule has 0 saturated carbocycles. The van der Waals surface area contributed by atoms with E-state index in [-0.39, 0.29) is 17.7 Å². The molecule has 0 aromatic carbocycles. The molecule has 1 aromatic rings. The SMILES string of the molecule is C[C@H]1[C@@H](NC(=O)Cc2ccsc2)CCS1(=O)=O. The maximum Gasteiger partial charge on any atom is 0.224 e. The highest BCUT2D eigenvalue weighted by atomic mass is 32.2. The molecule has 1 N–H and O–H groups in total. The van der Waals surface area contributed by atoms with Crippen molar-refractivity contribution in [1.82, 2.24) is 5.32 Å². The van der Waals surface area contributed by atoms with Crippen LogP contribution in [0.5, 0.6) is 0 Å². The van der Waals surface area contributed by atoms with E-state index in [9.17, 15) is 13.2 Å². The lowest BCUT2D eigenvalue weighted by Gasteiger charge is -2.15. The predicted molar refractivity (Wildman–Crippen MR) is 67.8 cm³/mol. The summed E-state index contributed by atoms with van der Waals surface area (Å²) in [6.07, 6.45) is 0.853. The van der Waals surface area contributed by atoms with Gasteiger partial charge in [-0.05, 0) is 35.7 Å². The van der Waals surface area contributed by atoms with E-state index in [1.807, 2.05) is 16.8 Å². The van der Waals surface area contributed by atoms with Crippen LogP contribution in [0, 0.1) is 0 Å². The molecule has 94 valence electrons. The third-order valence-electron chi connectivity index (χ3n) is 3.14. The highest BCUT2D eigenvalue weighted by Crippen LogP contribution is 2.20. The first kappa shape index (κ1) is 12.6. The number of hydrogen-bond acceptors (Lipinski definition) is 4. The van der Waals surface area contributed by atoms with E-state index in [0.29, 0.717) is 12.8 Å². The highest BCUT2D eigenvalue weighted by molar-refractivity contribution is 7.92. The minimum Gasteiger partial charge on any atom is -0.352 e. The Balaban J connectivity index is 1.92. The van der Waals surface area contributed by atoms with Gasteiger partial charge in [0, 0.05) is 6.04 Å². The quantitative estimate of drug-likeness (QED) is 0.893. The average Bonchev–Trinajstić information content (AvgIpc) is 2.82. The first-order valence-corrected chi connectivity index (χ1v) is 8.17. The smallest absolute Gasteiger partial charge is 0.224 e. The van der Waals surface area contributed by atoms with Crippen molar-refractivity contribution in [1.29, 1.82) is 0 Å². The summed E-state index contributed by atoms with van der Waals surface area (Å²) in [4.78, 5) is 11.7. The van der Waals surface area contributed by atoms with Gasteiger partial charge in [0.1, 0.15) is 0 Å². The largest absolute Gasteiger partial charge is 0.352 e. The number of carbonyl (C=O) groups excluding carboxylic acids is 1. The van der Waals surface area contributed by atoms with E-state index >= 15 is 0 Å². The molecule has 1 aliphatic heterocycles. The molecular weight excluding hydrogens is 258 g/mol. The van der Waals surface area contributed by atoms with Gasteiger partial charge in [0.25, 0.3) is 0 Å². The van der Waals surface area contributed by atoms with Gasteiger partial charge in [-0.2, -0.15) is 11.3 Å². The molecule has 2 rings (SSSR count). The molecule has 0 aliphatic carbocycles. The van der Waals surface area contributed by atoms with E-state index in [4.69, 9.17) is 0 Å². The molecule has 2 atom stereocenters. The van der Waals surface area contributed by atoms with Crippen LogP contribution < -0.4 is 5.32 Å². The number of carbonyl (C=O) groups is 1. The van der Waals surface area contributed by atoms with Gasteiger partial charge in [0.05, 0.1) is 17.4 Å². The van der Waals surface area contributed by atoms with Crippen LogP contribution in [0.25, 0.3) is 0 Å². The van der Waals surface area contributed by atoms with Gasteiger partial charge < -0.3 is 5.32 Å². The fourth-order valence-electron chi connectivity index (χ4n) is 1.99. The van der Waals surface area contributed by atoms with Crippen LogP contribution in [0.4, 0.5) is 0 Å². The standard InChI is InChI=1S/C11H15NO3S2/c1-8-10(3-5-17(8,14)15)12-11(13)6-9-2-4-16-7-9/h2,4,7-8,10H,3,5-6H2,1H3,(H,12,13)/t8-,10-/m0/s1. The van der Waals surface area contributed by atoms with Crippen LogP contribution >= 0.6 is 11.3 Å². The molecule has 4 nitrogen and oxygen atoms in total. The summed E-state index contributed by atoms with van der Waals surface area (Å²) in [7, 11) is -2.99. The molecular formula is C11H15NO3S2. The maximum atomic E-state index is 11.7. The molecule has 1 aliphatic rings. The Labute approximate surface area is 105 Å². The molecule has 1 fully saturated rings. The second-order valence-electron chi connectivity index (χ2n) is 4.34. The van der Waals surface area contributed by atoms with Crippen molar-refractivity contribution < 1.29 is 13.2 Å². The van der Waals surface area contributed by atoms with Crippen LogP contribution in [0.15, 0.2) is 16.8 Å². The Morgan fingerprint density at radius 3 is 2.88 bits per heavy atom. The van der Waals surface area contributed by atoms with Gasteiger partial charge in [-0.1, -0.05) is 0 Å². The zero-order chi connectivity index (χ0) is 12.5. The van der Waals surface area contributed by atoms with E-state index in [0.717, 1.165) is 5.56 Å². The first-order valence-electron chi connectivity index (χ1n) is 5.51. The van der Waals surface area contributed by atoms with Crippen molar-refractivity contribution in [3.8, 4) is 0 Å². The molecule has 17 heavy (non-hydrogen) atoms. The highest BCUT2D eigenvalue weighted by Gasteiger charge is 2.37. The fraction of sp³-hybridized carbons (Fsp3) is 0.545. The number of rotatable bonds is 3. The van der Waals surface area contributed by atoms with Crippen LogP contribution in [0.3, 0.4) is 0 Å². The van der Waals surface area contributed by atoms with E-state index in [1.165, 1.54) is 0 Å². The zero-order valence-electron chi connectivity index (χ0n) is 9.55. The molecule has 0 bridgehead atoms. The normalized spacial score (nSPS) is 26.9. The number of hydrogen-bond donors (Lipinski definition) is 1. The van der Waals surface area contributed by atoms with Crippen molar-refractivity contribution in [2.24, 2.45) is 0 Å². The van der Waals surface area contributed by atoms with E-state index in [1.54, 1.807) is 18.3 Å². The molecule has 0 unspecified atom stereocenters. The summed E-state index contributed by atoms with van der Waals surface area (Å²) >= 11 is 1.55. The molecule has 6 heteroatoms. The Morgan fingerprint density at radius 2 is 2.35 bits per heavy atom. The molecule has 1 saturated heterocycles. The number of nitrogens with one attached hydrogen (secondary N) is 1. The molecule has 0 spiro atoms. The van der Waals surface area contributed by atoms with Gasteiger partial charge in [-0.25, -0.2) is 8.42 Å². The Hall–Kier alpha value is -0.880. The van der Waals surface area contributed by atoms with Crippen molar-refractivity contribution >= 4 is 27.1 Å². The van der Waals surface area contributed by atoms with Gasteiger partial charge in [0.15, 0.2) is 9.84 Å². The van der Waals surface area contributed by atoms with Crippen LogP contribution in [0.2, 0.25) is 0 Å². The minimum absolute atomic E-state index is 0.0997. The number of sulfone groups is 1. The zero-order valence-corrected chi connectivity index (χ0v) is 11.2. The first-order chi connectivity index (χ1) is 7.99. The second kappa shape index (κ2) is 4.78. The third-order valence-corrected chi connectivity index (χ3v) is 6.14. The summed E-state index contributed by atoms with van der Waals surface area (Å²) < 4.78 is 23.0. The Bertz CT molecular complexity index is 493.